The summed E-state index contributed by atoms with van der Waals surface area (Å²) in [7, 11) is 0. The van der Waals surface area contributed by atoms with Gasteiger partial charge in [-0.1, -0.05) is 13.8 Å². The average molecular weight is 212 g/mol. The van der Waals surface area contributed by atoms with Crippen LogP contribution in [-0.2, 0) is 10.3 Å². The molecular formula is C10H16N2OS. The van der Waals surface area contributed by atoms with E-state index in [-0.39, 0.29) is 5.54 Å². The monoisotopic (exact) mass is 212 g/mol. The van der Waals surface area contributed by atoms with E-state index in [1.165, 1.54) is 0 Å². The Morgan fingerprint density at radius 2 is 2.43 bits per heavy atom. The van der Waals surface area contributed by atoms with Gasteiger partial charge >= 0.3 is 0 Å². The van der Waals surface area contributed by atoms with Gasteiger partial charge in [0.1, 0.15) is 0 Å². The van der Waals surface area contributed by atoms with Crippen molar-refractivity contribution in [2.24, 2.45) is 5.73 Å². The van der Waals surface area contributed by atoms with Gasteiger partial charge < -0.3 is 10.5 Å². The van der Waals surface area contributed by atoms with Gasteiger partial charge in [-0.15, -0.1) is 11.3 Å². The number of hydrogen-bond acceptors (Lipinski definition) is 4. The molecule has 0 bridgehead atoms. The summed E-state index contributed by atoms with van der Waals surface area (Å²) in [6.45, 7) is 5.66. The minimum atomic E-state index is -0.330. The molecule has 1 aliphatic heterocycles. The van der Waals surface area contributed by atoms with E-state index in [0.717, 1.165) is 23.7 Å². The number of aromatic nitrogens is 1. The van der Waals surface area contributed by atoms with Crippen LogP contribution in [0.25, 0.3) is 0 Å². The lowest BCUT2D eigenvalue weighted by Crippen LogP contribution is -2.37. The van der Waals surface area contributed by atoms with Crippen LogP contribution in [0.4, 0.5) is 0 Å². The normalized spacial score (nSPS) is 27.4. The first-order chi connectivity index (χ1) is 6.62. The molecule has 0 aromatic carbocycles. The van der Waals surface area contributed by atoms with Gasteiger partial charge in [-0.2, -0.15) is 0 Å². The van der Waals surface area contributed by atoms with Crippen molar-refractivity contribution < 1.29 is 4.74 Å². The number of nitrogens with two attached hydrogens (primary N) is 1. The summed E-state index contributed by atoms with van der Waals surface area (Å²) < 4.78 is 5.32. The molecule has 0 aliphatic carbocycles. The van der Waals surface area contributed by atoms with E-state index in [9.17, 15) is 0 Å². The first-order valence-electron chi connectivity index (χ1n) is 4.94. The summed E-state index contributed by atoms with van der Waals surface area (Å²) in [5, 5.41) is 3.24. The third kappa shape index (κ3) is 1.69. The summed E-state index contributed by atoms with van der Waals surface area (Å²) >= 11 is 1.70. The van der Waals surface area contributed by atoms with Gasteiger partial charge in [-0.25, -0.2) is 4.98 Å². The Kier molecular flexibility index (Phi) is 2.60. The molecule has 0 saturated carbocycles. The van der Waals surface area contributed by atoms with Crippen molar-refractivity contribution in [1.29, 1.82) is 0 Å². The maximum atomic E-state index is 6.21. The third-order valence-electron chi connectivity index (χ3n) is 2.58. The molecule has 1 saturated heterocycles. The molecule has 2 N–H and O–H groups in total. The van der Waals surface area contributed by atoms with E-state index in [1.807, 2.05) is 0 Å². The van der Waals surface area contributed by atoms with Crippen LogP contribution in [-0.4, -0.2) is 18.2 Å². The second-order valence-electron chi connectivity index (χ2n) is 4.18. The van der Waals surface area contributed by atoms with Gasteiger partial charge in [0, 0.05) is 17.9 Å². The van der Waals surface area contributed by atoms with Crippen LogP contribution in [0.3, 0.4) is 0 Å². The molecule has 1 fully saturated rings. The lowest BCUT2D eigenvalue weighted by atomic mass is 9.97. The molecule has 1 aliphatic rings. The molecule has 0 spiro atoms. The van der Waals surface area contributed by atoms with E-state index in [1.54, 1.807) is 11.3 Å². The van der Waals surface area contributed by atoms with Crippen LogP contribution in [0, 0.1) is 0 Å². The van der Waals surface area contributed by atoms with Gasteiger partial charge in [0.25, 0.3) is 0 Å². The summed E-state index contributed by atoms with van der Waals surface area (Å²) in [5.41, 5.74) is 6.89. The third-order valence-corrected chi connectivity index (χ3v) is 3.72. The lowest BCUT2D eigenvalue weighted by molar-refractivity contribution is 0.177. The fraction of sp³-hybridized carbons (Fsp3) is 0.700. The van der Waals surface area contributed by atoms with Crippen LogP contribution >= 0.6 is 11.3 Å². The predicted octanol–water partition coefficient (Wildman–Crippen LogP) is 1.84. The molecule has 1 aromatic heterocycles. The summed E-state index contributed by atoms with van der Waals surface area (Å²) in [4.78, 5) is 4.58. The molecule has 14 heavy (non-hydrogen) atoms. The maximum Gasteiger partial charge on any atom is 0.0954 e. The summed E-state index contributed by atoms with van der Waals surface area (Å²) in [6.07, 6.45) is 0.883. The Morgan fingerprint density at radius 1 is 1.64 bits per heavy atom. The van der Waals surface area contributed by atoms with Crippen molar-refractivity contribution in [2.75, 3.05) is 13.2 Å². The van der Waals surface area contributed by atoms with E-state index in [0.29, 0.717) is 12.5 Å². The number of hydrogen-bond donors (Lipinski definition) is 1. The Hall–Kier alpha value is -0.450. The standard InChI is InChI=1S/C10H16N2OS/c1-7(2)9-12-8(5-14-9)10(11)3-4-13-6-10/h5,7H,3-4,6,11H2,1-2H3. The molecule has 78 valence electrons. The highest BCUT2D eigenvalue weighted by atomic mass is 32.1. The molecule has 4 heteroatoms. The van der Waals surface area contributed by atoms with Crippen LogP contribution in [0.15, 0.2) is 5.38 Å². The van der Waals surface area contributed by atoms with Crippen molar-refractivity contribution in [3.8, 4) is 0 Å². The Bertz CT molecular complexity index is 316. The van der Waals surface area contributed by atoms with Crippen molar-refractivity contribution in [3.63, 3.8) is 0 Å². The second-order valence-corrected chi connectivity index (χ2v) is 5.07. The zero-order valence-corrected chi connectivity index (χ0v) is 9.43. The van der Waals surface area contributed by atoms with E-state index < -0.39 is 0 Å². The van der Waals surface area contributed by atoms with Crippen LogP contribution in [0.1, 0.15) is 36.9 Å². The minimum Gasteiger partial charge on any atom is -0.379 e. The minimum absolute atomic E-state index is 0.330. The highest BCUT2D eigenvalue weighted by molar-refractivity contribution is 7.09. The largest absolute Gasteiger partial charge is 0.379 e. The molecule has 1 aromatic rings. The van der Waals surface area contributed by atoms with Gasteiger partial charge in [0.2, 0.25) is 0 Å². The van der Waals surface area contributed by atoms with Crippen molar-refractivity contribution >= 4 is 11.3 Å². The van der Waals surface area contributed by atoms with Gasteiger partial charge in [-0.3, -0.25) is 0 Å². The molecule has 1 unspecified atom stereocenters. The molecule has 2 rings (SSSR count). The first kappa shape index (κ1) is 10.1. The summed E-state index contributed by atoms with van der Waals surface area (Å²) in [5.74, 6) is 0.486. The number of rotatable bonds is 2. The topological polar surface area (TPSA) is 48.1 Å². The Labute approximate surface area is 88.3 Å². The molecule has 0 radical (unpaired) electrons. The fourth-order valence-corrected chi connectivity index (χ4v) is 2.51. The fourth-order valence-electron chi connectivity index (χ4n) is 1.56. The molecule has 0 amide bonds. The zero-order valence-electron chi connectivity index (χ0n) is 8.62. The number of thiazole rings is 1. The maximum absolute atomic E-state index is 6.21. The quantitative estimate of drug-likeness (QED) is 0.813. The van der Waals surface area contributed by atoms with Gasteiger partial charge in [0.15, 0.2) is 0 Å². The highest BCUT2D eigenvalue weighted by Gasteiger charge is 2.34. The van der Waals surface area contributed by atoms with E-state index in [4.69, 9.17) is 10.5 Å². The van der Waals surface area contributed by atoms with Gasteiger partial charge in [0.05, 0.1) is 22.8 Å². The van der Waals surface area contributed by atoms with Crippen LogP contribution < -0.4 is 5.73 Å². The molecular weight excluding hydrogens is 196 g/mol. The van der Waals surface area contributed by atoms with E-state index in [2.05, 4.69) is 24.2 Å². The highest BCUT2D eigenvalue weighted by Crippen LogP contribution is 2.30. The van der Waals surface area contributed by atoms with Crippen molar-refractivity contribution in [2.45, 2.75) is 31.7 Å². The Balaban J connectivity index is 2.23. The average Bonchev–Trinajstić information content (AvgIpc) is 2.71. The van der Waals surface area contributed by atoms with E-state index >= 15 is 0 Å². The number of nitrogens with zero attached hydrogens (tertiary/aromatic N) is 1. The van der Waals surface area contributed by atoms with Crippen LogP contribution in [0.2, 0.25) is 0 Å². The smallest absolute Gasteiger partial charge is 0.0954 e. The predicted molar refractivity (Wildman–Crippen MR) is 57.5 cm³/mol. The van der Waals surface area contributed by atoms with Gasteiger partial charge in [-0.05, 0) is 6.42 Å². The van der Waals surface area contributed by atoms with Crippen molar-refractivity contribution in [1.82, 2.24) is 4.98 Å². The number of ether oxygens (including phenoxy) is 1. The second kappa shape index (κ2) is 3.61. The SMILES string of the molecule is CC(C)c1nc(C2(N)CCOC2)cs1. The van der Waals surface area contributed by atoms with Crippen molar-refractivity contribution in [3.05, 3.63) is 16.1 Å². The summed E-state index contributed by atoms with van der Waals surface area (Å²) in [6, 6.07) is 0. The molecule has 2 heterocycles. The zero-order chi connectivity index (χ0) is 10.2. The first-order valence-corrected chi connectivity index (χ1v) is 5.82. The molecule has 1 atom stereocenters. The molecule has 3 nitrogen and oxygen atoms in total. The Morgan fingerprint density at radius 3 is 2.93 bits per heavy atom. The lowest BCUT2D eigenvalue weighted by Gasteiger charge is -2.18. The van der Waals surface area contributed by atoms with Crippen LogP contribution in [0.5, 0.6) is 0 Å².